The Hall–Kier alpha value is -4.34. The highest BCUT2D eigenvalue weighted by Gasteiger charge is 2.22. The molecule has 4 rings (SSSR count). The first-order valence-corrected chi connectivity index (χ1v) is 10.6. The van der Waals surface area contributed by atoms with Gasteiger partial charge in [-0.1, -0.05) is 6.07 Å². The van der Waals surface area contributed by atoms with Crippen molar-refractivity contribution in [2.45, 2.75) is 33.4 Å². The second kappa shape index (κ2) is 8.89. The number of rotatable bonds is 6. The molecule has 0 spiro atoms. The smallest absolute Gasteiger partial charge is 0.255 e. The van der Waals surface area contributed by atoms with Gasteiger partial charge in [-0.3, -0.25) is 9.78 Å². The van der Waals surface area contributed by atoms with E-state index in [1.165, 1.54) is 32.4 Å². The predicted octanol–water partition coefficient (Wildman–Crippen LogP) is 4.46. The number of halogens is 1. The highest BCUT2D eigenvalue weighted by atomic mass is 19.1. The molecule has 10 heteroatoms. The Kier molecular flexibility index (Phi) is 5.97. The Morgan fingerprint density at radius 1 is 1.06 bits per heavy atom. The van der Waals surface area contributed by atoms with Crippen LogP contribution in [-0.2, 0) is 5.67 Å². The Labute approximate surface area is 196 Å². The van der Waals surface area contributed by atoms with Gasteiger partial charge in [-0.25, -0.2) is 14.4 Å². The molecule has 0 saturated heterocycles. The molecule has 9 nitrogen and oxygen atoms in total. The van der Waals surface area contributed by atoms with E-state index in [0.717, 1.165) is 16.9 Å². The van der Waals surface area contributed by atoms with Gasteiger partial charge in [0.25, 0.3) is 5.91 Å². The molecule has 34 heavy (non-hydrogen) atoms. The standard InChI is InChI=1S/C24H25FN8O/c1-14-5-6-17(30-23(34)16-7-8-27-19(10-16)24(3,4)25)11-18(14)31-22-9-15(2)32-33(22)21-12-20(26)28-13-29-21/h5-13,31H,1-4H3,(H,30,34)(H2,26,28,29). The summed E-state index contributed by atoms with van der Waals surface area (Å²) in [6.45, 7) is 6.62. The van der Waals surface area contributed by atoms with Crippen molar-refractivity contribution in [1.29, 1.82) is 0 Å². The van der Waals surface area contributed by atoms with Crippen molar-refractivity contribution < 1.29 is 9.18 Å². The number of nitrogens with one attached hydrogen (secondary N) is 2. The molecule has 1 aromatic carbocycles. The number of benzene rings is 1. The van der Waals surface area contributed by atoms with E-state index >= 15 is 0 Å². The van der Waals surface area contributed by atoms with Crippen LogP contribution in [-0.4, -0.2) is 30.6 Å². The average Bonchev–Trinajstić information content (AvgIpc) is 3.15. The fraction of sp³-hybridized carbons (Fsp3) is 0.208. The molecular weight excluding hydrogens is 435 g/mol. The molecule has 0 radical (unpaired) electrons. The molecule has 0 atom stereocenters. The maximum atomic E-state index is 14.3. The molecule has 4 N–H and O–H groups in total. The first-order valence-electron chi connectivity index (χ1n) is 10.6. The van der Waals surface area contributed by atoms with Gasteiger partial charge in [0.05, 0.1) is 11.4 Å². The zero-order valence-corrected chi connectivity index (χ0v) is 19.3. The maximum absolute atomic E-state index is 14.3. The number of nitrogen functional groups attached to an aromatic ring is 1. The van der Waals surface area contributed by atoms with Crippen molar-refractivity contribution in [3.8, 4) is 5.82 Å². The Balaban J connectivity index is 1.59. The fourth-order valence-corrected chi connectivity index (χ4v) is 3.31. The van der Waals surface area contributed by atoms with Crippen molar-refractivity contribution in [2.75, 3.05) is 16.4 Å². The molecule has 1 amide bonds. The second-order valence-electron chi connectivity index (χ2n) is 8.39. The zero-order chi connectivity index (χ0) is 24.5. The van der Waals surface area contributed by atoms with Crippen LogP contribution in [0.15, 0.2) is 55.0 Å². The van der Waals surface area contributed by atoms with Gasteiger partial charge >= 0.3 is 0 Å². The largest absolute Gasteiger partial charge is 0.384 e. The summed E-state index contributed by atoms with van der Waals surface area (Å²) >= 11 is 0. The zero-order valence-electron chi connectivity index (χ0n) is 19.3. The minimum absolute atomic E-state index is 0.195. The summed E-state index contributed by atoms with van der Waals surface area (Å²) in [5.74, 6) is 1.17. The first kappa shape index (κ1) is 22.8. The molecule has 0 bridgehead atoms. The Morgan fingerprint density at radius 2 is 1.85 bits per heavy atom. The van der Waals surface area contributed by atoms with Gasteiger partial charge in [-0.05, 0) is 57.5 Å². The van der Waals surface area contributed by atoms with E-state index in [0.29, 0.717) is 28.7 Å². The van der Waals surface area contributed by atoms with Crippen molar-refractivity contribution in [1.82, 2.24) is 24.7 Å². The predicted molar refractivity (Wildman–Crippen MR) is 129 cm³/mol. The summed E-state index contributed by atoms with van der Waals surface area (Å²) < 4.78 is 15.9. The van der Waals surface area contributed by atoms with Gasteiger partial charge in [-0.2, -0.15) is 9.78 Å². The van der Waals surface area contributed by atoms with Crippen molar-refractivity contribution in [3.63, 3.8) is 0 Å². The normalized spacial score (nSPS) is 11.3. The lowest BCUT2D eigenvalue weighted by atomic mass is 10.0. The third-order valence-corrected chi connectivity index (χ3v) is 5.11. The van der Waals surface area contributed by atoms with Gasteiger partial charge in [0.2, 0.25) is 0 Å². The highest BCUT2D eigenvalue weighted by molar-refractivity contribution is 6.04. The molecule has 0 fully saturated rings. The SMILES string of the molecule is Cc1cc(Nc2cc(NC(=O)c3ccnc(C(C)(C)F)c3)ccc2C)n(-c2cc(N)ncn2)n1. The van der Waals surface area contributed by atoms with E-state index in [1.807, 2.05) is 32.0 Å². The van der Waals surface area contributed by atoms with Crippen molar-refractivity contribution in [3.05, 3.63) is 77.5 Å². The minimum Gasteiger partial charge on any atom is -0.384 e. The van der Waals surface area contributed by atoms with Gasteiger partial charge < -0.3 is 16.4 Å². The Morgan fingerprint density at radius 3 is 2.59 bits per heavy atom. The van der Waals surface area contributed by atoms with Crippen LogP contribution in [0.25, 0.3) is 5.82 Å². The number of alkyl halides is 1. The number of amides is 1. The van der Waals surface area contributed by atoms with Crippen LogP contribution in [0.5, 0.6) is 0 Å². The van der Waals surface area contributed by atoms with E-state index in [4.69, 9.17) is 5.73 Å². The lowest BCUT2D eigenvalue weighted by Gasteiger charge is -2.15. The number of pyridine rings is 1. The third-order valence-electron chi connectivity index (χ3n) is 5.11. The summed E-state index contributed by atoms with van der Waals surface area (Å²) in [7, 11) is 0. The minimum atomic E-state index is -1.65. The highest BCUT2D eigenvalue weighted by Crippen LogP contribution is 2.27. The molecule has 4 aromatic rings. The molecule has 3 aromatic heterocycles. The second-order valence-corrected chi connectivity index (χ2v) is 8.39. The van der Waals surface area contributed by atoms with E-state index in [-0.39, 0.29) is 11.6 Å². The first-order chi connectivity index (χ1) is 16.1. The maximum Gasteiger partial charge on any atom is 0.255 e. The summed E-state index contributed by atoms with van der Waals surface area (Å²) in [5.41, 5.74) is 7.75. The molecular formula is C24H25FN8O. The fourth-order valence-electron chi connectivity index (χ4n) is 3.31. The van der Waals surface area contributed by atoms with Crippen LogP contribution >= 0.6 is 0 Å². The average molecular weight is 461 g/mol. The number of hydrogen-bond acceptors (Lipinski definition) is 7. The number of aryl methyl sites for hydroxylation is 2. The van der Waals surface area contributed by atoms with Gasteiger partial charge in [0.15, 0.2) is 5.82 Å². The number of anilines is 4. The van der Waals surface area contributed by atoms with Crippen molar-refractivity contribution >= 4 is 28.9 Å². The van der Waals surface area contributed by atoms with Gasteiger partial charge in [-0.15, -0.1) is 0 Å². The van der Waals surface area contributed by atoms with E-state index in [9.17, 15) is 9.18 Å². The summed E-state index contributed by atoms with van der Waals surface area (Å²) in [4.78, 5) is 25.0. The topological polar surface area (TPSA) is 124 Å². The van der Waals surface area contributed by atoms with Crippen LogP contribution < -0.4 is 16.4 Å². The van der Waals surface area contributed by atoms with E-state index in [1.54, 1.807) is 22.9 Å². The quantitative estimate of drug-likeness (QED) is 0.388. The van der Waals surface area contributed by atoms with Crippen LogP contribution in [0.1, 0.15) is 41.2 Å². The molecule has 0 unspecified atom stereocenters. The number of carbonyl (C=O) groups excluding carboxylic acids is 1. The molecule has 0 aliphatic rings. The van der Waals surface area contributed by atoms with Crippen LogP contribution in [0.4, 0.5) is 27.4 Å². The number of hydrogen-bond donors (Lipinski definition) is 3. The van der Waals surface area contributed by atoms with Gasteiger partial charge in [0.1, 0.15) is 23.6 Å². The summed E-state index contributed by atoms with van der Waals surface area (Å²) in [6, 6.07) is 12.0. The number of aromatic nitrogens is 5. The van der Waals surface area contributed by atoms with Crippen LogP contribution in [0.3, 0.4) is 0 Å². The Bertz CT molecular complexity index is 1360. The van der Waals surface area contributed by atoms with Crippen LogP contribution in [0, 0.1) is 13.8 Å². The van der Waals surface area contributed by atoms with E-state index in [2.05, 4.69) is 30.7 Å². The van der Waals surface area contributed by atoms with E-state index < -0.39 is 5.67 Å². The molecule has 174 valence electrons. The third kappa shape index (κ3) is 5.01. The molecule has 0 aliphatic carbocycles. The monoisotopic (exact) mass is 460 g/mol. The lowest BCUT2D eigenvalue weighted by molar-refractivity contribution is 0.102. The van der Waals surface area contributed by atoms with Crippen molar-refractivity contribution in [2.24, 2.45) is 0 Å². The lowest BCUT2D eigenvalue weighted by Crippen LogP contribution is -2.16. The van der Waals surface area contributed by atoms with Crippen LogP contribution in [0.2, 0.25) is 0 Å². The van der Waals surface area contributed by atoms with Gasteiger partial charge in [0, 0.05) is 35.3 Å². The number of nitrogens with two attached hydrogens (primary N) is 1. The summed E-state index contributed by atoms with van der Waals surface area (Å²) in [5, 5.41) is 10.7. The molecule has 0 aliphatic heterocycles. The molecule has 0 saturated carbocycles. The number of carbonyl (C=O) groups is 1. The summed E-state index contributed by atoms with van der Waals surface area (Å²) in [6.07, 6.45) is 2.80. The molecule has 3 heterocycles. The number of nitrogens with zero attached hydrogens (tertiary/aromatic N) is 5.